The minimum atomic E-state index is -0.792. The number of aliphatic hydroxyl groups is 1. The summed E-state index contributed by atoms with van der Waals surface area (Å²) in [5.41, 5.74) is 0. The number of hydrogen-bond acceptors (Lipinski definition) is 3. The molecule has 0 unspecified atom stereocenters. The maximum absolute atomic E-state index is 11.5. The van der Waals surface area contributed by atoms with Gasteiger partial charge in [0.05, 0.1) is 0 Å². The van der Waals surface area contributed by atoms with Crippen molar-refractivity contribution in [1.29, 1.82) is 0 Å². The second-order valence-corrected chi connectivity index (χ2v) is 4.08. The molecule has 17 heavy (non-hydrogen) atoms. The number of carbonyl (C=O) groups excluding carboxylic acids is 1. The first-order valence-electron chi connectivity index (χ1n) is 5.99. The van der Waals surface area contributed by atoms with E-state index in [4.69, 9.17) is 10.2 Å². The Balaban J connectivity index is 0.00000121. The van der Waals surface area contributed by atoms with Crippen LogP contribution in [0.5, 0.6) is 0 Å². The predicted octanol–water partition coefficient (Wildman–Crippen LogP) is 2.02. The van der Waals surface area contributed by atoms with E-state index in [2.05, 4.69) is 0 Å². The van der Waals surface area contributed by atoms with E-state index in [1.165, 1.54) is 0 Å². The highest BCUT2D eigenvalue weighted by Crippen LogP contribution is 2.33. The number of carbonyl (C=O) groups is 2. The van der Waals surface area contributed by atoms with Gasteiger partial charge in [-0.15, -0.1) is 0 Å². The van der Waals surface area contributed by atoms with Crippen molar-refractivity contribution >= 4 is 11.8 Å². The fourth-order valence-electron chi connectivity index (χ4n) is 2.18. The molecule has 1 saturated carbocycles. The van der Waals surface area contributed by atoms with Crippen LogP contribution in [0.3, 0.4) is 0 Å². The first kappa shape index (κ1) is 15.8. The van der Waals surface area contributed by atoms with Crippen molar-refractivity contribution in [3.63, 3.8) is 0 Å². The van der Waals surface area contributed by atoms with E-state index in [-0.39, 0.29) is 24.0 Å². The third-order valence-electron chi connectivity index (χ3n) is 2.97. The molecule has 1 aliphatic rings. The summed E-state index contributed by atoms with van der Waals surface area (Å²) in [6, 6.07) is 0. The Bertz CT molecular complexity index is 271. The molecular weight excluding hydrogens is 220 g/mol. The maximum Gasteiger partial charge on any atom is 0.303 e. The van der Waals surface area contributed by atoms with Crippen molar-refractivity contribution in [1.82, 2.24) is 0 Å². The molecule has 0 amide bonds. The molecule has 4 nitrogen and oxygen atoms in total. The largest absolute Gasteiger partial charge is 0.481 e. The van der Waals surface area contributed by atoms with Gasteiger partial charge < -0.3 is 10.2 Å². The highest BCUT2D eigenvalue weighted by molar-refractivity contribution is 5.84. The number of allylic oxidation sites excluding steroid dienone is 2. The van der Waals surface area contributed by atoms with Crippen molar-refractivity contribution in [3.8, 4) is 0 Å². The molecule has 0 aromatic carbocycles. The number of Topliss-reactive ketones (excluding diaryl/α,β-unsaturated/α-hetero) is 1. The van der Waals surface area contributed by atoms with Gasteiger partial charge in [0.25, 0.3) is 0 Å². The van der Waals surface area contributed by atoms with Gasteiger partial charge >= 0.3 is 5.97 Å². The van der Waals surface area contributed by atoms with Gasteiger partial charge in [-0.05, 0) is 25.2 Å². The second-order valence-electron chi connectivity index (χ2n) is 4.08. The van der Waals surface area contributed by atoms with Crippen LogP contribution in [-0.2, 0) is 9.59 Å². The highest BCUT2D eigenvalue weighted by atomic mass is 16.4. The first-order valence-corrected chi connectivity index (χ1v) is 5.99. The lowest BCUT2D eigenvalue weighted by molar-refractivity contribution is -0.138. The van der Waals surface area contributed by atoms with Crippen LogP contribution in [0.1, 0.15) is 39.0 Å². The lowest BCUT2D eigenvalue weighted by Gasteiger charge is -2.14. The van der Waals surface area contributed by atoms with Crippen molar-refractivity contribution in [2.45, 2.75) is 39.0 Å². The van der Waals surface area contributed by atoms with Gasteiger partial charge in [0, 0.05) is 25.9 Å². The summed E-state index contributed by atoms with van der Waals surface area (Å²) in [5.74, 6) is -0.554. The molecule has 1 rings (SSSR count). The zero-order chi connectivity index (χ0) is 13.3. The van der Waals surface area contributed by atoms with E-state index in [9.17, 15) is 9.59 Å². The van der Waals surface area contributed by atoms with Crippen LogP contribution in [0.4, 0.5) is 0 Å². The molecule has 0 aromatic rings. The van der Waals surface area contributed by atoms with Gasteiger partial charge in [-0.25, -0.2) is 0 Å². The Morgan fingerprint density at radius 1 is 1.41 bits per heavy atom. The van der Waals surface area contributed by atoms with Crippen molar-refractivity contribution in [2.75, 3.05) is 7.11 Å². The molecule has 1 fully saturated rings. The standard InChI is InChI=1S/C12H18O3.CH4O/c1-2-3-4-5-10-9(8-12(14)15)6-7-11(10)13;1-2/h3-4,9-10H,2,5-8H2,1H3,(H,14,15);2H,1H3/b4-3+;/t9-,10+;/m0./s1. The fraction of sp³-hybridized carbons (Fsp3) is 0.692. The molecule has 0 heterocycles. The molecule has 2 atom stereocenters. The van der Waals surface area contributed by atoms with Gasteiger partial charge in [0.1, 0.15) is 5.78 Å². The van der Waals surface area contributed by atoms with E-state index in [1.807, 2.05) is 19.1 Å². The van der Waals surface area contributed by atoms with Crippen molar-refractivity contribution in [2.24, 2.45) is 11.8 Å². The molecule has 0 aromatic heterocycles. The third-order valence-corrected chi connectivity index (χ3v) is 2.97. The Morgan fingerprint density at radius 3 is 2.59 bits per heavy atom. The maximum atomic E-state index is 11.5. The van der Waals surface area contributed by atoms with E-state index in [0.717, 1.165) is 20.0 Å². The minimum absolute atomic E-state index is 0.0519. The average molecular weight is 242 g/mol. The molecule has 98 valence electrons. The molecule has 0 saturated heterocycles. The summed E-state index contributed by atoms with van der Waals surface area (Å²) < 4.78 is 0. The van der Waals surface area contributed by atoms with E-state index >= 15 is 0 Å². The predicted molar refractivity (Wildman–Crippen MR) is 65.7 cm³/mol. The first-order chi connectivity index (χ1) is 8.15. The van der Waals surface area contributed by atoms with E-state index < -0.39 is 5.97 Å². The van der Waals surface area contributed by atoms with Crippen LogP contribution in [0.15, 0.2) is 12.2 Å². The molecular formula is C13H22O4. The molecule has 4 heteroatoms. The van der Waals surface area contributed by atoms with Gasteiger partial charge in [0.15, 0.2) is 0 Å². The number of rotatable bonds is 5. The van der Waals surface area contributed by atoms with Crippen molar-refractivity contribution < 1.29 is 19.8 Å². The molecule has 0 radical (unpaired) electrons. The van der Waals surface area contributed by atoms with Crippen LogP contribution >= 0.6 is 0 Å². The van der Waals surface area contributed by atoms with Gasteiger partial charge in [-0.1, -0.05) is 19.1 Å². The van der Waals surface area contributed by atoms with E-state index in [1.54, 1.807) is 0 Å². The van der Waals surface area contributed by atoms with Gasteiger partial charge in [-0.2, -0.15) is 0 Å². The topological polar surface area (TPSA) is 74.6 Å². The number of hydrogen-bond donors (Lipinski definition) is 2. The summed E-state index contributed by atoms with van der Waals surface area (Å²) in [6.45, 7) is 2.04. The van der Waals surface area contributed by atoms with Gasteiger partial charge in [0.2, 0.25) is 0 Å². The Labute approximate surface area is 102 Å². The molecule has 0 spiro atoms. The molecule has 0 aliphatic heterocycles. The average Bonchev–Trinajstić information content (AvgIpc) is 2.63. The van der Waals surface area contributed by atoms with Crippen LogP contribution in [0, 0.1) is 11.8 Å². The van der Waals surface area contributed by atoms with Crippen molar-refractivity contribution in [3.05, 3.63) is 12.2 Å². The summed E-state index contributed by atoms with van der Waals surface area (Å²) in [6.07, 6.45) is 7.15. The monoisotopic (exact) mass is 242 g/mol. The quantitative estimate of drug-likeness (QED) is 0.723. The Kier molecular flexibility index (Phi) is 8.32. The smallest absolute Gasteiger partial charge is 0.303 e. The SMILES string of the molecule is CC/C=C/C[C@H]1C(=O)CC[C@H]1CC(=O)O.CO. The lowest BCUT2D eigenvalue weighted by atomic mass is 9.89. The number of carboxylic acids is 1. The number of carboxylic acid groups (broad SMARTS) is 1. The zero-order valence-electron chi connectivity index (χ0n) is 10.6. The van der Waals surface area contributed by atoms with Crippen LogP contribution in [-0.4, -0.2) is 29.1 Å². The summed E-state index contributed by atoms with van der Waals surface area (Å²) in [7, 11) is 1.00. The van der Waals surface area contributed by atoms with Gasteiger partial charge in [-0.3, -0.25) is 9.59 Å². The third kappa shape index (κ3) is 5.63. The highest BCUT2D eigenvalue weighted by Gasteiger charge is 2.34. The second kappa shape index (κ2) is 8.93. The summed E-state index contributed by atoms with van der Waals surface area (Å²) in [4.78, 5) is 22.1. The minimum Gasteiger partial charge on any atom is -0.481 e. The summed E-state index contributed by atoms with van der Waals surface area (Å²) >= 11 is 0. The molecule has 0 bridgehead atoms. The number of aliphatic hydroxyl groups excluding tert-OH is 1. The number of aliphatic carboxylic acids is 1. The molecule has 1 aliphatic carbocycles. The fourth-order valence-corrected chi connectivity index (χ4v) is 2.18. The Morgan fingerprint density at radius 2 is 2.06 bits per heavy atom. The summed E-state index contributed by atoms with van der Waals surface area (Å²) in [5, 5.41) is 15.7. The zero-order valence-corrected chi connectivity index (χ0v) is 10.6. The normalized spacial score (nSPS) is 23.6. The number of ketones is 1. The van der Waals surface area contributed by atoms with Crippen LogP contribution in [0.2, 0.25) is 0 Å². The Hall–Kier alpha value is -1.16. The molecule has 2 N–H and O–H groups in total. The lowest BCUT2D eigenvalue weighted by Crippen LogP contribution is -2.17. The van der Waals surface area contributed by atoms with E-state index in [0.29, 0.717) is 12.8 Å². The van der Waals surface area contributed by atoms with Crippen LogP contribution in [0.25, 0.3) is 0 Å². The van der Waals surface area contributed by atoms with Crippen LogP contribution < -0.4 is 0 Å².